The molecule has 1 N–H and O–H groups in total. The molecule has 0 saturated carbocycles. The molecular formula is C14H13N5O2. The van der Waals surface area contributed by atoms with Crippen LogP contribution in [-0.4, -0.2) is 10.8 Å². The molecule has 2 aromatic rings. The van der Waals surface area contributed by atoms with Crippen LogP contribution in [0.3, 0.4) is 0 Å². The van der Waals surface area contributed by atoms with Gasteiger partial charge in [-0.1, -0.05) is 24.3 Å². The van der Waals surface area contributed by atoms with Gasteiger partial charge in [-0.3, -0.25) is 15.5 Å². The molecule has 1 heterocycles. The zero-order valence-corrected chi connectivity index (χ0v) is 11.3. The number of nitro groups is 1. The van der Waals surface area contributed by atoms with E-state index in [4.69, 9.17) is 0 Å². The van der Waals surface area contributed by atoms with Crippen LogP contribution in [0, 0.1) is 10.1 Å². The molecule has 0 aliphatic carbocycles. The number of para-hydroxylation sites is 1. The number of anilines is 2. The summed E-state index contributed by atoms with van der Waals surface area (Å²) in [6.45, 7) is 1.83. The molecule has 0 amide bonds. The summed E-state index contributed by atoms with van der Waals surface area (Å²) in [4.78, 5) is 10.5. The Bertz CT molecular complexity index is 702. The average Bonchev–Trinajstić information content (AvgIpc) is 2.90. The summed E-state index contributed by atoms with van der Waals surface area (Å²) in [5.41, 5.74) is 4.62. The zero-order chi connectivity index (χ0) is 14.8. The van der Waals surface area contributed by atoms with E-state index in [0.717, 1.165) is 5.69 Å². The fourth-order valence-electron chi connectivity index (χ4n) is 2.06. The Hall–Kier alpha value is -3.09. The van der Waals surface area contributed by atoms with Crippen LogP contribution in [0.2, 0.25) is 0 Å². The quantitative estimate of drug-likeness (QED) is 0.692. The van der Waals surface area contributed by atoms with E-state index in [1.807, 2.05) is 37.3 Å². The molecule has 0 fully saturated rings. The fourth-order valence-corrected chi connectivity index (χ4v) is 2.06. The van der Waals surface area contributed by atoms with Crippen molar-refractivity contribution in [2.24, 2.45) is 5.10 Å². The molecule has 7 heteroatoms. The van der Waals surface area contributed by atoms with Gasteiger partial charge in [-0.15, -0.1) is 5.10 Å². The number of hydrogen-bond acceptors (Lipinski definition) is 6. The van der Waals surface area contributed by atoms with Gasteiger partial charge in [0.25, 0.3) is 5.69 Å². The Kier molecular flexibility index (Phi) is 3.15. The van der Waals surface area contributed by atoms with Crippen molar-refractivity contribution in [2.75, 3.05) is 10.2 Å². The second kappa shape index (κ2) is 5.12. The summed E-state index contributed by atoms with van der Waals surface area (Å²) in [5.74, 6) is 0.699. The standard InChI is InChI=1S/C14H13N5O2/c1-11-15-17(12-6-3-2-4-7-12)18(16-11)13-8-5-9-14(10-13)19(20)21/h2-10H,1H3,(H,15,16). The van der Waals surface area contributed by atoms with Crippen molar-refractivity contribution in [3.05, 3.63) is 64.7 Å². The van der Waals surface area contributed by atoms with Crippen LogP contribution in [-0.2, 0) is 0 Å². The summed E-state index contributed by atoms with van der Waals surface area (Å²) >= 11 is 0. The zero-order valence-electron chi connectivity index (χ0n) is 11.3. The van der Waals surface area contributed by atoms with Gasteiger partial charge >= 0.3 is 0 Å². The smallest absolute Gasteiger partial charge is 0.263 e. The van der Waals surface area contributed by atoms with Gasteiger partial charge in [0.15, 0.2) is 0 Å². The van der Waals surface area contributed by atoms with Crippen LogP contribution in [0.4, 0.5) is 17.1 Å². The van der Waals surface area contributed by atoms with E-state index in [-0.39, 0.29) is 5.69 Å². The Morgan fingerprint density at radius 1 is 1.10 bits per heavy atom. The number of nitrogens with zero attached hydrogens (tertiary/aromatic N) is 4. The topological polar surface area (TPSA) is 74.0 Å². The molecule has 0 atom stereocenters. The molecule has 0 bridgehead atoms. The molecule has 0 saturated heterocycles. The molecule has 21 heavy (non-hydrogen) atoms. The molecule has 0 radical (unpaired) electrons. The van der Waals surface area contributed by atoms with Gasteiger partial charge in [0.1, 0.15) is 5.84 Å². The minimum Gasteiger partial charge on any atom is -0.263 e. The number of hydrazine groups is 2. The average molecular weight is 283 g/mol. The molecule has 0 spiro atoms. The molecule has 3 rings (SSSR count). The predicted molar refractivity (Wildman–Crippen MR) is 80.7 cm³/mol. The molecule has 0 aromatic heterocycles. The van der Waals surface area contributed by atoms with E-state index in [0.29, 0.717) is 11.5 Å². The fraction of sp³-hybridized carbons (Fsp3) is 0.0714. The maximum atomic E-state index is 10.9. The highest BCUT2D eigenvalue weighted by molar-refractivity contribution is 5.86. The minimum absolute atomic E-state index is 0.0280. The Balaban J connectivity index is 1.99. The lowest BCUT2D eigenvalue weighted by atomic mass is 10.3. The number of rotatable bonds is 3. The summed E-state index contributed by atoms with van der Waals surface area (Å²) in [6, 6.07) is 15.9. The van der Waals surface area contributed by atoms with E-state index in [2.05, 4.69) is 10.5 Å². The highest BCUT2D eigenvalue weighted by Gasteiger charge is 2.24. The van der Waals surface area contributed by atoms with Gasteiger partial charge < -0.3 is 0 Å². The highest BCUT2D eigenvalue weighted by atomic mass is 16.6. The van der Waals surface area contributed by atoms with Crippen molar-refractivity contribution in [3.63, 3.8) is 0 Å². The van der Waals surface area contributed by atoms with Crippen molar-refractivity contribution in [1.82, 2.24) is 5.43 Å². The predicted octanol–water partition coefficient (Wildman–Crippen LogP) is 2.67. The Morgan fingerprint density at radius 2 is 1.81 bits per heavy atom. The SMILES string of the molecule is CC1=NN(c2cccc([N+](=O)[O-])c2)N(c2ccccc2)N1. The monoisotopic (exact) mass is 283 g/mol. The van der Waals surface area contributed by atoms with Crippen LogP contribution in [0.1, 0.15) is 6.92 Å². The minimum atomic E-state index is -0.420. The molecule has 2 aromatic carbocycles. The van der Waals surface area contributed by atoms with Crippen molar-refractivity contribution < 1.29 is 4.92 Å². The lowest BCUT2D eigenvalue weighted by Gasteiger charge is -2.27. The third-order valence-corrected chi connectivity index (χ3v) is 2.97. The Morgan fingerprint density at radius 3 is 2.52 bits per heavy atom. The van der Waals surface area contributed by atoms with Gasteiger partial charge in [-0.2, -0.15) is 10.2 Å². The lowest BCUT2D eigenvalue weighted by molar-refractivity contribution is -0.384. The van der Waals surface area contributed by atoms with E-state index < -0.39 is 4.92 Å². The highest BCUT2D eigenvalue weighted by Crippen LogP contribution is 2.27. The van der Waals surface area contributed by atoms with Crippen molar-refractivity contribution in [2.45, 2.75) is 6.92 Å². The second-order valence-electron chi connectivity index (χ2n) is 4.51. The molecule has 1 aliphatic rings. The molecule has 0 unspecified atom stereocenters. The number of nitrogens with one attached hydrogen (secondary N) is 1. The van der Waals surface area contributed by atoms with Crippen LogP contribution < -0.4 is 15.7 Å². The van der Waals surface area contributed by atoms with E-state index in [1.54, 1.807) is 22.4 Å². The van der Waals surface area contributed by atoms with Gasteiger partial charge in [-0.25, -0.2) is 0 Å². The number of hydrazone groups is 1. The summed E-state index contributed by atoms with van der Waals surface area (Å²) in [7, 11) is 0. The maximum Gasteiger partial charge on any atom is 0.271 e. The third kappa shape index (κ3) is 2.48. The first kappa shape index (κ1) is 12.9. The van der Waals surface area contributed by atoms with Gasteiger partial charge in [0, 0.05) is 12.1 Å². The van der Waals surface area contributed by atoms with Crippen LogP contribution >= 0.6 is 0 Å². The van der Waals surface area contributed by atoms with Crippen molar-refractivity contribution in [1.29, 1.82) is 0 Å². The summed E-state index contributed by atoms with van der Waals surface area (Å²) < 4.78 is 0. The van der Waals surface area contributed by atoms with Gasteiger partial charge in [0.05, 0.1) is 16.3 Å². The molecule has 106 valence electrons. The van der Waals surface area contributed by atoms with E-state index in [9.17, 15) is 10.1 Å². The van der Waals surface area contributed by atoms with Crippen molar-refractivity contribution >= 4 is 22.9 Å². The molecular weight excluding hydrogens is 270 g/mol. The second-order valence-corrected chi connectivity index (χ2v) is 4.51. The number of hydrogen-bond donors (Lipinski definition) is 1. The summed E-state index contributed by atoms with van der Waals surface area (Å²) in [5, 5.41) is 18.6. The summed E-state index contributed by atoms with van der Waals surface area (Å²) in [6.07, 6.45) is 0. The normalized spacial score (nSPS) is 13.9. The first-order valence-corrected chi connectivity index (χ1v) is 6.37. The van der Waals surface area contributed by atoms with Gasteiger partial charge in [0.2, 0.25) is 0 Å². The van der Waals surface area contributed by atoms with Gasteiger partial charge in [-0.05, 0) is 25.1 Å². The molecule has 7 nitrogen and oxygen atoms in total. The lowest BCUT2D eigenvalue weighted by Crippen LogP contribution is -2.44. The third-order valence-electron chi connectivity index (χ3n) is 2.97. The maximum absolute atomic E-state index is 10.9. The van der Waals surface area contributed by atoms with Crippen LogP contribution in [0.25, 0.3) is 0 Å². The van der Waals surface area contributed by atoms with E-state index >= 15 is 0 Å². The van der Waals surface area contributed by atoms with Crippen LogP contribution in [0.15, 0.2) is 59.7 Å². The first-order valence-electron chi connectivity index (χ1n) is 6.37. The van der Waals surface area contributed by atoms with Crippen LogP contribution in [0.5, 0.6) is 0 Å². The van der Waals surface area contributed by atoms with Crippen molar-refractivity contribution in [3.8, 4) is 0 Å². The number of nitro benzene ring substituents is 1. The largest absolute Gasteiger partial charge is 0.271 e. The number of amidine groups is 1. The number of non-ortho nitro benzene ring substituents is 1. The molecule has 1 aliphatic heterocycles. The Labute approximate surface area is 121 Å². The number of benzene rings is 2. The first-order chi connectivity index (χ1) is 10.1. The van der Waals surface area contributed by atoms with E-state index in [1.165, 1.54) is 12.1 Å².